The number of benzene rings is 1. The summed E-state index contributed by atoms with van der Waals surface area (Å²) in [7, 11) is 1.98. The predicted octanol–water partition coefficient (Wildman–Crippen LogP) is 3.94. The fourth-order valence-electron chi connectivity index (χ4n) is 3.25. The summed E-state index contributed by atoms with van der Waals surface area (Å²) in [6, 6.07) is 8.06. The van der Waals surface area contributed by atoms with Gasteiger partial charge in [0.25, 0.3) is 0 Å². The average Bonchev–Trinajstić information content (AvgIpc) is 2.48. The van der Waals surface area contributed by atoms with E-state index in [1.807, 2.05) is 38.2 Å². The molecule has 0 radical (unpaired) electrons. The Kier molecular flexibility index (Phi) is 5.82. The maximum absolute atomic E-state index is 12.4. The SMILES string of the molecule is CNC1(CC(=O)NC(C)c2ccccc2Br)CCCCC1. The van der Waals surface area contributed by atoms with E-state index in [0.717, 1.165) is 22.9 Å². The van der Waals surface area contributed by atoms with E-state index < -0.39 is 0 Å². The largest absolute Gasteiger partial charge is 0.349 e. The molecule has 1 aromatic rings. The minimum absolute atomic E-state index is 0.00399. The van der Waals surface area contributed by atoms with E-state index in [2.05, 4.69) is 26.6 Å². The highest BCUT2D eigenvalue weighted by atomic mass is 79.9. The number of hydrogen-bond acceptors (Lipinski definition) is 2. The van der Waals surface area contributed by atoms with E-state index >= 15 is 0 Å². The second-order valence-corrected chi connectivity index (χ2v) is 6.93. The Morgan fingerprint density at radius 3 is 2.57 bits per heavy atom. The van der Waals surface area contributed by atoms with Crippen LogP contribution in [-0.2, 0) is 4.79 Å². The van der Waals surface area contributed by atoms with Gasteiger partial charge in [0.05, 0.1) is 6.04 Å². The molecule has 2 rings (SSSR count). The standard InChI is InChI=1S/C17H25BrN2O/c1-13(14-8-4-5-9-15(14)18)20-16(21)12-17(19-2)10-6-3-7-11-17/h4-5,8-9,13,19H,3,6-7,10-12H2,1-2H3,(H,20,21). The minimum atomic E-state index is -0.00399. The number of carbonyl (C=O) groups excluding carboxylic acids is 1. The van der Waals surface area contributed by atoms with Crippen LogP contribution in [0.1, 0.15) is 57.1 Å². The summed E-state index contributed by atoms with van der Waals surface area (Å²) in [4.78, 5) is 12.4. The molecule has 1 aliphatic carbocycles. The highest BCUT2D eigenvalue weighted by Crippen LogP contribution is 2.31. The first-order chi connectivity index (χ1) is 10.1. The van der Waals surface area contributed by atoms with Gasteiger partial charge in [-0.05, 0) is 38.4 Å². The molecule has 1 saturated carbocycles. The van der Waals surface area contributed by atoms with E-state index in [9.17, 15) is 4.79 Å². The van der Waals surface area contributed by atoms with Gasteiger partial charge < -0.3 is 10.6 Å². The minimum Gasteiger partial charge on any atom is -0.349 e. The zero-order valence-corrected chi connectivity index (χ0v) is 14.5. The smallest absolute Gasteiger partial charge is 0.222 e. The van der Waals surface area contributed by atoms with E-state index in [1.54, 1.807) is 0 Å². The Balaban J connectivity index is 1.96. The van der Waals surface area contributed by atoms with E-state index in [1.165, 1.54) is 19.3 Å². The lowest BCUT2D eigenvalue weighted by Crippen LogP contribution is -2.48. The number of nitrogens with one attached hydrogen (secondary N) is 2. The quantitative estimate of drug-likeness (QED) is 0.842. The van der Waals surface area contributed by atoms with Crippen LogP contribution < -0.4 is 10.6 Å². The Morgan fingerprint density at radius 2 is 1.95 bits per heavy atom. The zero-order valence-electron chi connectivity index (χ0n) is 12.9. The number of hydrogen-bond donors (Lipinski definition) is 2. The van der Waals surface area contributed by atoms with Crippen LogP contribution in [0, 0.1) is 0 Å². The highest BCUT2D eigenvalue weighted by molar-refractivity contribution is 9.10. The lowest BCUT2D eigenvalue weighted by molar-refractivity contribution is -0.123. The predicted molar refractivity (Wildman–Crippen MR) is 90.2 cm³/mol. The van der Waals surface area contributed by atoms with Crippen molar-refractivity contribution < 1.29 is 4.79 Å². The van der Waals surface area contributed by atoms with Gasteiger partial charge in [-0.3, -0.25) is 4.79 Å². The topological polar surface area (TPSA) is 41.1 Å². The maximum atomic E-state index is 12.4. The van der Waals surface area contributed by atoms with E-state index in [4.69, 9.17) is 0 Å². The van der Waals surface area contributed by atoms with Gasteiger partial charge in [-0.1, -0.05) is 53.4 Å². The molecule has 0 heterocycles. The third-order valence-corrected chi connectivity index (χ3v) is 5.31. The second-order valence-electron chi connectivity index (χ2n) is 6.08. The first kappa shape index (κ1) is 16.5. The first-order valence-electron chi connectivity index (χ1n) is 7.79. The highest BCUT2D eigenvalue weighted by Gasteiger charge is 2.32. The van der Waals surface area contributed by atoms with Crippen molar-refractivity contribution in [2.24, 2.45) is 0 Å². The molecule has 1 unspecified atom stereocenters. The average molecular weight is 353 g/mol. The van der Waals surface area contributed by atoms with Gasteiger partial charge >= 0.3 is 0 Å². The van der Waals surface area contributed by atoms with Gasteiger partial charge in [-0.2, -0.15) is 0 Å². The van der Waals surface area contributed by atoms with Gasteiger partial charge in [0.2, 0.25) is 5.91 Å². The van der Waals surface area contributed by atoms with Gasteiger partial charge in [-0.15, -0.1) is 0 Å². The first-order valence-corrected chi connectivity index (χ1v) is 8.58. The van der Waals surface area contributed by atoms with Crippen LogP contribution in [0.5, 0.6) is 0 Å². The van der Waals surface area contributed by atoms with Crippen molar-refractivity contribution in [3.05, 3.63) is 34.3 Å². The summed E-state index contributed by atoms with van der Waals surface area (Å²) in [5, 5.41) is 6.54. The van der Waals surface area contributed by atoms with Gasteiger partial charge in [0, 0.05) is 16.4 Å². The lowest BCUT2D eigenvalue weighted by atomic mass is 9.79. The van der Waals surface area contributed by atoms with Gasteiger partial charge in [0.1, 0.15) is 0 Å². The third kappa shape index (κ3) is 4.30. The van der Waals surface area contributed by atoms with Crippen LogP contribution in [-0.4, -0.2) is 18.5 Å². The van der Waals surface area contributed by atoms with Crippen molar-refractivity contribution in [2.75, 3.05) is 7.05 Å². The lowest BCUT2D eigenvalue weighted by Gasteiger charge is -2.37. The van der Waals surface area contributed by atoms with Crippen LogP contribution in [0.2, 0.25) is 0 Å². The van der Waals surface area contributed by atoms with Gasteiger partial charge in [0.15, 0.2) is 0 Å². The monoisotopic (exact) mass is 352 g/mol. The van der Waals surface area contributed by atoms with Crippen molar-refractivity contribution in [1.82, 2.24) is 10.6 Å². The number of amides is 1. The molecule has 1 atom stereocenters. The molecule has 3 nitrogen and oxygen atoms in total. The molecule has 0 aliphatic heterocycles. The van der Waals surface area contributed by atoms with Crippen molar-refractivity contribution in [3.63, 3.8) is 0 Å². The Hall–Kier alpha value is -0.870. The summed E-state index contributed by atoms with van der Waals surface area (Å²) in [5.41, 5.74) is 1.11. The van der Waals surface area contributed by atoms with Crippen molar-refractivity contribution >= 4 is 21.8 Å². The second kappa shape index (κ2) is 7.41. The molecule has 1 amide bonds. The molecule has 1 aliphatic rings. The molecule has 1 aromatic carbocycles. The number of carbonyl (C=O) groups is 1. The fourth-order valence-corrected chi connectivity index (χ4v) is 3.88. The molecule has 116 valence electrons. The van der Waals surface area contributed by atoms with Gasteiger partial charge in [-0.25, -0.2) is 0 Å². The van der Waals surface area contributed by atoms with Crippen LogP contribution >= 0.6 is 15.9 Å². The summed E-state index contributed by atoms with van der Waals surface area (Å²) in [6.07, 6.45) is 6.49. The Morgan fingerprint density at radius 1 is 1.29 bits per heavy atom. The number of halogens is 1. The molecule has 0 bridgehead atoms. The Bertz CT molecular complexity index is 483. The molecule has 1 fully saturated rings. The summed E-state index contributed by atoms with van der Waals surface area (Å²) >= 11 is 3.55. The Labute approximate surface area is 136 Å². The number of rotatable bonds is 5. The van der Waals surface area contributed by atoms with Crippen molar-refractivity contribution in [2.45, 2.75) is 57.0 Å². The molecule has 0 saturated heterocycles. The molecule has 2 N–H and O–H groups in total. The van der Waals surface area contributed by atoms with E-state index in [0.29, 0.717) is 6.42 Å². The van der Waals surface area contributed by atoms with E-state index in [-0.39, 0.29) is 17.5 Å². The van der Waals surface area contributed by atoms with Crippen LogP contribution in [0.4, 0.5) is 0 Å². The third-order valence-electron chi connectivity index (χ3n) is 4.59. The molecular weight excluding hydrogens is 328 g/mol. The summed E-state index contributed by atoms with van der Waals surface area (Å²) < 4.78 is 1.04. The van der Waals surface area contributed by atoms with Crippen molar-refractivity contribution in [3.8, 4) is 0 Å². The molecule has 4 heteroatoms. The molecule has 0 aromatic heterocycles. The normalized spacial score (nSPS) is 19.0. The molecular formula is C17H25BrN2O. The van der Waals surface area contributed by atoms with Crippen molar-refractivity contribution in [1.29, 1.82) is 0 Å². The summed E-state index contributed by atoms with van der Waals surface area (Å²) in [5.74, 6) is 0.134. The maximum Gasteiger partial charge on any atom is 0.222 e. The fraction of sp³-hybridized carbons (Fsp3) is 0.588. The van der Waals surface area contributed by atoms with Crippen LogP contribution in [0.15, 0.2) is 28.7 Å². The zero-order chi connectivity index (χ0) is 15.3. The van der Waals surface area contributed by atoms with Crippen LogP contribution in [0.3, 0.4) is 0 Å². The molecule has 21 heavy (non-hydrogen) atoms. The molecule has 0 spiro atoms. The van der Waals surface area contributed by atoms with Crippen LogP contribution in [0.25, 0.3) is 0 Å². The summed E-state index contributed by atoms with van der Waals surface area (Å²) in [6.45, 7) is 2.03.